The summed E-state index contributed by atoms with van der Waals surface area (Å²) < 4.78 is 12.0. The molecule has 2 aromatic carbocycles. The molecule has 0 aromatic heterocycles. The van der Waals surface area contributed by atoms with Crippen LogP contribution < -0.4 is 10.1 Å². The predicted octanol–water partition coefficient (Wildman–Crippen LogP) is 2.33. The number of fused-ring (bicyclic) bond motifs is 1. The lowest BCUT2D eigenvalue weighted by Crippen LogP contribution is -2.47. The minimum atomic E-state index is -0.960. The fourth-order valence-corrected chi connectivity index (χ4v) is 5.47. The van der Waals surface area contributed by atoms with Crippen LogP contribution >= 0.6 is 0 Å². The fourth-order valence-electron chi connectivity index (χ4n) is 5.47. The molecule has 2 amide bonds. The smallest absolute Gasteiger partial charge is 0.335 e. The maximum absolute atomic E-state index is 13.5. The molecule has 11 nitrogen and oxygen atoms in total. The normalized spacial score (nSPS) is 20.4. The maximum Gasteiger partial charge on any atom is 0.335 e. The van der Waals surface area contributed by atoms with Crippen LogP contribution in [0, 0.1) is 5.92 Å². The zero-order valence-electron chi connectivity index (χ0n) is 25.3. The number of carbonyl (C=O) groups excluding carboxylic acids is 2. The fraction of sp³-hybridized carbons (Fsp3) is 0.531. The van der Waals surface area contributed by atoms with Gasteiger partial charge in [0.2, 0.25) is 11.8 Å². The first-order valence-electron chi connectivity index (χ1n) is 14.9. The summed E-state index contributed by atoms with van der Waals surface area (Å²) in [5.74, 6) is -0.629. The van der Waals surface area contributed by atoms with Crippen LogP contribution in [0.1, 0.15) is 41.8 Å². The third-order valence-electron chi connectivity index (χ3n) is 8.10. The summed E-state index contributed by atoms with van der Waals surface area (Å²) in [6, 6.07) is 11.9. The van der Waals surface area contributed by atoms with Crippen LogP contribution in [0.15, 0.2) is 42.5 Å². The number of amides is 2. The first kappa shape index (κ1) is 32.4. The first-order valence-corrected chi connectivity index (χ1v) is 14.9. The average molecular weight is 597 g/mol. The summed E-state index contributed by atoms with van der Waals surface area (Å²) in [6.07, 6.45) is 0.164. The van der Waals surface area contributed by atoms with E-state index in [-0.39, 0.29) is 48.5 Å². The zero-order valence-corrected chi connectivity index (χ0v) is 25.3. The summed E-state index contributed by atoms with van der Waals surface area (Å²) in [6.45, 7) is 8.95. The van der Waals surface area contributed by atoms with Crippen molar-refractivity contribution in [2.45, 2.75) is 45.4 Å². The van der Waals surface area contributed by atoms with Crippen LogP contribution in [0.5, 0.6) is 5.75 Å². The minimum Gasteiger partial charge on any atom is -0.488 e. The molecule has 0 radical (unpaired) electrons. The van der Waals surface area contributed by atoms with Gasteiger partial charge in [0, 0.05) is 62.9 Å². The molecule has 3 atom stereocenters. The molecule has 3 N–H and O–H groups in total. The van der Waals surface area contributed by atoms with E-state index in [1.54, 1.807) is 23.1 Å². The Bertz CT molecular complexity index is 1250. The van der Waals surface area contributed by atoms with Gasteiger partial charge in [-0.1, -0.05) is 19.1 Å². The molecule has 234 valence electrons. The highest BCUT2D eigenvalue weighted by atomic mass is 16.5. The number of benzene rings is 2. The van der Waals surface area contributed by atoms with Gasteiger partial charge in [-0.3, -0.25) is 19.4 Å². The summed E-state index contributed by atoms with van der Waals surface area (Å²) in [5.41, 5.74) is 2.50. The van der Waals surface area contributed by atoms with Crippen LogP contribution in [0.4, 0.5) is 5.69 Å². The largest absolute Gasteiger partial charge is 0.488 e. The Morgan fingerprint density at radius 1 is 1.14 bits per heavy atom. The van der Waals surface area contributed by atoms with Crippen molar-refractivity contribution < 1.29 is 34.1 Å². The molecule has 2 aromatic rings. The molecule has 0 unspecified atom stereocenters. The van der Waals surface area contributed by atoms with Crippen molar-refractivity contribution in [3.8, 4) is 5.75 Å². The molecule has 2 aliphatic rings. The van der Waals surface area contributed by atoms with E-state index in [1.807, 2.05) is 45.2 Å². The van der Waals surface area contributed by atoms with E-state index in [1.165, 1.54) is 0 Å². The van der Waals surface area contributed by atoms with Crippen molar-refractivity contribution >= 4 is 23.5 Å². The second kappa shape index (κ2) is 15.3. The van der Waals surface area contributed by atoms with Gasteiger partial charge >= 0.3 is 5.97 Å². The van der Waals surface area contributed by atoms with Crippen LogP contribution in [0.3, 0.4) is 0 Å². The Labute approximate surface area is 253 Å². The van der Waals surface area contributed by atoms with E-state index in [4.69, 9.17) is 9.47 Å². The van der Waals surface area contributed by atoms with Gasteiger partial charge in [-0.25, -0.2) is 4.79 Å². The number of carboxylic acids is 1. The van der Waals surface area contributed by atoms with Gasteiger partial charge in [0.05, 0.1) is 37.8 Å². The summed E-state index contributed by atoms with van der Waals surface area (Å²) in [5, 5.41) is 22.1. The third-order valence-corrected chi connectivity index (χ3v) is 8.10. The van der Waals surface area contributed by atoms with Crippen LogP contribution in [0.25, 0.3) is 0 Å². The number of carboxylic acid groups (broad SMARTS) is 1. The molecule has 4 rings (SSSR count). The van der Waals surface area contributed by atoms with Crippen molar-refractivity contribution in [2.75, 3.05) is 64.9 Å². The number of anilines is 1. The molecule has 43 heavy (non-hydrogen) atoms. The second-order valence-corrected chi connectivity index (χ2v) is 11.7. The summed E-state index contributed by atoms with van der Waals surface area (Å²) in [7, 11) is 1.98. The van der Waals surface area contributed by atoms with Crippen molar-refractivity contribution in [3.05, 3.63) is 59.2 Å². The number of nitrogens with one attached hydrogen (secondary N) is 1. The number of hydrogen-bond donors (Lipinski definition) is 3. The number of rotatable bonds is 11. The topological polar surface area (TPSA) is 132 Å². The van der Waals surface area contributed by atoms with Gasteiger partial charge in [0.25, 0.3) is 0 Å². The molecule has 2 heterocycles. The molecule has 1 fully saturated rings. The predicted molar refractivity (Wildman–Crippen MR) is 162 cm³/mol. The van der Waals surface area contributed by atoms with E-state index in [9.17, 15) is 24.6 Å². The van der Waals surface area contributed by atoms with Gasteiger partial charge < -0.3 is 29.9 Å². The van der Waals surface area contributed by atoms with Gasteiger partial charge in [-0.2, -0.15) is 0 Å². The number of aliphatic hydroxyl groups excluding tert-OH is 1. The highest BCUT2D eigenvalue weighted by molar-refractivity contribution is 5.91. The Morgan fingerprint density at radius 3 is 2.53 bits per heavy atom. The van der Waals surface area contributed by atoms with E-state index in [0.29, 0.717) is 62.8 Å². The first-order chi connectivity index (χ1) is 20.6. The molecule has 0 spiro atoms. The Morgan fingerprint density at radius 2 is 1.86 bits per heavy atom. The maximum atomic E-state index is 13.5. The minimum absolute atomic E-state index is 0.0553. The third kappa shape index (κ3) is 9.24. The highest BCUT2D eigenvalue weighted by Gasteiger charge is 2.31. The molecule has 0 aliphatic carbocycles. The van der Waals surface area contributed by atoms with Crippen LogP contribution in [-0.4, -0.2) is 114 Å². The number of morpholine rings is 1. The van der Waals surface area contributed by atoms with Crippen molar-refractivity contribution in [3.63, 3.8) is 0 Å². The molecular weight excluding hydrogens is 552 g/mol. The molecule has 11 heteroatoms. The molecular formula is C32H44N4O7. The van der Waals surface area contributed by atoms with Gasteiger partial charge in [-0.05, 0) is 49.9 Å². The van der Waals surface area contributed by atoms with E-state index in [0.717, 1.165) is 18.7 Å². The quantitative estimate of drug-likeness (QED) is 0.358. The van der Waals surface area contributed by atoms with Crippen LogP contribution in [-0.2, 0) is 27.3 Å². The summed E-state index contributed by atoms with van der Waals surface area (Å²) in [4.78, 5) is 43.5. The number of likely N-dealkylation sites (N-methyl/N-ethyl adjacent to an activating group) is 1. The summed E-state index contributed by atoms with van der Waals surface area (Å²) >= 11 is 0. The molecule has 0 bridgehead atoms. The molecule has 0 saturated carbocycles. The lowest BCUT2D eigenvalue weighted by Gasteiger charge is -2.34. The number of hydrogen-bond acceptors (Lipinski definition) is 8. The number of aromatic carboxylic acids is 1. The molecule has 2 aliphatic heterocycles. The van der Waals surface area contributed by atoms with E-state index in [2.05, 4.69) is 15.1 Å². The van der Waals surface area contributed by atoms with Crippen molar-refractivity contribution in [1.82, 2.24) is 14.7 Å². The lowest BCUT2D eigenvalue weighted by molar-refractivity contribution is -0.134. The average Bonchev–Trinajstić information content (AvgIpc) is 3.04. The zero-order chi connectivity index (χ0) is 30.9. The van der Waals surface area contributed by atoms with E-state index >= 15 is 0 Å². The Hall–Kier alpha value is -3.51. The van der Waals surface area contributed by atoms with E-state index < -0.39 is 5.97 Å². The van der Waals surface area contributed by atoms with Gasteiger partial charge in [-0.15, -0.1) is 0 Å². The standard InChI is InChI=1S/C32H44N4O7/c1-22-18-36(23(2)21-37)31(39)17-26-16-27(33-30(38)10-11-35-12-14-42-15-13-35)8-9-28(26)43-29(22)20-34(3)19-24-4-6-25(7-5-24)32(40)41/h4-9,16,22-23,29,37H,10-15,17-21H2,1-3H3,(H,33,38)(H,40,41)/t22-,23-,29-/m0/s1. The van der Waals surface area contributed by atoms with Gasteiger partial charge in [0.1, 0.15) is 11.9 Å². The number of ether oxygens (including phenoxy) is 2. The number of nitrogens with zero attached hydrogens (tertiary/aromatic N) is 3. The number of carbonyl (C=O) groups is 3. The Balaban J connectivity index is 1.49. The van der Waals surface area contributed by atoms with Crippen molar-refractivity contribution in [1.29, 1.82) is 0 Å². The number of aliphatic hydroxyl groups is 1. The second-order valence-electron chi connectivity index (χ2n) is 11.7. The SMILES string of the molecule is C[C@H]1CN([C@@H](C)CO)C(=O)Cc2cc(NC(=O)CCN3CCOCC3)ccc2O[C@H]1CN(C)Cc1ccc(C(=O)O)cc1. The van der Waals surface area contributed by atoms with Crippen molar-refractivity contribution in [2.24, 2.45) is 5.92 Å². The van der Waals surface area contributed by atoms with Gasteiger partial charge in [0.15, 0.2) is 0 Å². The lowest BCUT2D eigenvalue weighted by atomic mass is 10.0. The Kier molecular flexibility index (Phi) is 11.5. The highest BCUT2D eigenvalue weighted by Crippen LogP contribution is 2.29. The van der Waals surface area contributed by atoms with Crippen LogP contribution in [0.2, 0.25) is 0 Å². The monoisotopic (exact) mass is 596 g/mol. The molecule has 1 saturated heterocycles.